The molecule has 4 heteroatoms. The number of aldehydes is 1. The van der Waals surface area contributed by atoms with E-state index in [1.54, 1.807) is 11.8 Å². The minimum atomic E-state index is -0.511. The first-order valence-electron chi connectivity index (χ1n) is 4.07. The molecule has 68 valence electrons. The number of ether oxygens (including phenoxy) is 1. The normalized spacial score (nSPS) is 20.2. The zero-order valence-electron chi connectivity index (χ0n) is 7.16. The lowest BCUT2D eigenvalue weighted by Gasteiger charge is -2.27. The standard InChI is InChI=1S/C8H13NO3/c1-7(6-10)8(11)9-2-4-12-5-3-9/h6-7H,2-5H2,1H3. The molecule has 0 N–H and O–H groups in total. The van der Waals surface area contributed by atoms with Crippen LogP contribution in [0.25, 0.3) is 0 Å². The summed E-state index contributed by atoms with van der Waals surface area (Å²) in [6, 6.07) is 0. The van der Waals surface area contributed by atoms with Crippen LogP contribution < -0.4 is 0 Å². The number of hydrogen-bond acceptors (Lipinski definition) is 3. The molecule has 1 saturated heterocycles. The molecule has 4 nitrogen and oxygen atoms in total. The van der Waals surface area contributed by atoms with Gasteiger partial charge in [0.05, 0.1) is 19.1 Å². The van der Waals surface area contributed by atoms with Crippen molar-refractivity contribution in [1.82, 2.24) is 4.90 Å². The maximum Gasteiger partial charge on any atom is 0.232 e. The first kappa shape index (κ1) is 9.19. The van der Waals surface area contributed by atoms with Crippen molar-refractivity contribution in [2.24, 2.45) is 5.92 Å². The predicted octanol–water partition coefficient (Wildman–Crippen LogP) is -0.320. The molecule has 1 atom stereocenters. The van der Waals surface area contributed by atoms with E-state index >= 15 is 0 Å². The van der Waals surface area contributed by atoms with Crippen LogP contribution in [-0.2, 0) is 14.3 Å². The van der Waals surface area contributed by atoms with Crippen molar-refractivity contribution < 1.29 is 14.3 Å². The van der Waals surface area contributed by atoms with Crippen molar-refractivity contribution in [1.29, 1.82) is 0 Å². The third-order valence-electron chi connectivity index (χ3n) is 1.92. The number of rotatable bonds is 2. The highest BCUT2D eigenvalue weighted by molar-refractivity contribution is 5.91. The van der Waals surface area contributed by atoms with Crippen LogP contribution >= 0.6 is 0 Å². The number of carbonyl (C=O) groups excluding carboxylic acids is 2. The molecule has 1 unspecified atom stereocenters. The summed E-state index contributed by atoms with van der Waals surface area (Å²) >= 11 is 0. The van der Waals surface area contributed by atoms with Gasteiger partial charge in [0, 0.05) is 13.1 Å². The molecule has 12 heavy (non-hydrogen) atoms. The molecule has 1 aliphatic heterocycles. The second kappa shape index (κ2) is 4.21. The van der Waals surface area contributed by atoms with Gasteiger partial charge in [0.1, 0.15) is 6.29 Å². The van der Waals surface area contributed by atoms with Crippen LogP contribution in [0.15, 0.2) is 0 Å². The first-order valence-corrected chi connectivity index (χ1v) is 4.07. The summed E-state index contributed by atoms with van der Waals surface area (Å²) in [5, 5.41) is 0. The SMILES string of the molecule is CC(C=O)C(=O)N1CCOCC1. The van der Waals surface area contributed by atoms with Crippen molar-refractivity contribution in [3.8, 4) is 0 Å². The minimum absolute atomic E-state index is 0.0895. The summed E-state index contributed by atoms with van der Waals surface area (Å²) < 4.78 is 5.08. The fourth-order valence-electron chi connectivity index (χ4n) is 1.13. The second-order valence-corrected chi connectivity index (χ2v) is 2.86. The van der Waals surface area contributed by atoms with Crippen LogP contribution in [0.1, 0.15) is 6.92 Å². The number of amides is 1. The summed E-state index contributed by atoms with van der Waals surface area (Å²) in [7, 11) is 0. The van der Waals surface area contributed by atoms with E-state index in [0.29, 0.717) is 32.6 Å². The third-order valence-corrected chi connectivity index (χ3v) is 1.92. The van der Waals surface area contributed by atoms with E-state index in [0.717, 1.165) is 0 Å². The molecule has 0 aliphatic carbocycles. The minimum Gasteiger partial charge on any atom is -0.378 e. The van der Waals surface area contributed by atoms with E-state index in [1.165, 1.54) is 0 Å². The Balaban J connectivity index is 2.44. The number of nitrogens with zero attached hydrogens (tertiary/aromatic N) is 1. The fourth-order valence-corrected chi connectivity index (χ4v) is 1.13. The molecule has 0 aromatic carbocycles. The topological polar surface area (TPSA) is 46.6 Å². The van der Waals surface area contributed by atoms with Crippen molar-refractivity contribution in [2.75, 3.05) is 26.3 Å². The van der Waals surface area contributed by atoms with Crippen LogP contribution in [-0.4, -0.2) is 43.4 Å². The van der Waals surface area contributed by atoms with E-state index in [4.69, 9.17) is 4.74 Å². The predicted molar refractivity (Wildman–Crippen MR) is 42.6 cm³/mol. The quantitative estimate of drug-likeness (QED) is 0.422. The fraction of sp³-hybridized carbons (Fsp3) is 0.750. The lowest BCUT2D eigenvalue weighted by atomic mass is 10.2. The van der Waals surface area contributed by atoms with E-state index in [9.17, 15) is 9.59 Å². The summed E-state index contributed by atoms with van der Waals surface area (Å²) in [5.74, 6) is -0.601. The van der Waals surface area contributed by atoms with Gasteiger partial charge in [-0.05, 0) is 6.92 Å². The summed E-state index contributed by atoms with van der Waals surface area (Å²) in [6.45, 7) is 3.99. The highest BCUT2D eigenvalue weighted by atomic mass is 16.5. The summed E-state index contributed by atoms with van der Waals surface area (Å²) in [4.78, 5) is 23.3. The molecule has 1 rings (SSSR count). The highest BCUT2D eigenvalue weighted by Gasteiger charge is 2.21. The Morgan fingerprint density at radius 1 is 1.50 bits per heavy atom. The van der Waals surface area contributed by atoms with Crippen molar-refractivity contribution >= 4 is 12.2 Å². The Morgan fingerprint density at radius 3 is 2.58 bits per heavy atom. The molecular formula is C8H13NO3. The molecular weight excluding hydrogens is 158 g/mol. The largest absolute Gasteiger partial charge is 0.378 e. The molecule has 0 radical (unpaired) electrons. The first-order chi connectivity index (χ1) is 5.75. The molecule has 0 spiro atoms. The zero-order valence-corrected chi connectivity index (χ0v) is 7.16. The van der Waals surface area contributed by atoms with Gasteiger partial charge < -0.3 is 14.4 Å². The van der Waals surface area contributed by atoms with Crippen molar-refractivity contribution in [3.05, 3.63) is 0 Å². The van der Waals surface area contributed by atoms with Crippen LogP contribution in [0.2, 0.25) is 0 Å². The van der Waals surface area contributed by atoms with E-state index in [-0.39, 0.29) is 5.91 Å². The smallest absolute Gasteiger partial charge is 0.232 e. The zero-order chi connectivity index (χ0) is 8.97. The van der Waals surface area contributed by atoms with Crippen LogP contribution in [0.5, 0.6) is 0 Å². The highest BCUT2D eigenvalue weighted by Crippen LogP contribution is 2.03. The molecule has 0 bridgehead atoms. The maximum atomic E-state index is 11.4. The third kappa shape index (κ3) is 2.04. The Labute approximate surface area is 71.5 Å². The molecule has 1 amide bonds. The average molecular weight is 171 g/mol. The van der Waals surface area contributed by atoms with Gasteiger partial charge in [0.15, 0.2) is 0 Å². The van der Waals surface area contributed by atoms with Gasteiger partial charge in [-0.15, -0.1) is 0 Å². The lowest BCUT2D eigenvalue weighted by molar-refractivity contribution is -0.140. The Morgan fingerprint density at radius 2 is 2.08 bits per heavy atom. The average Bonchev–Trinajstić information content (AvgIpc) is 2.17. The number of carbonyl (C=O) groups is 2. The Bertz CT molecular complexity index is 175. The molecule has 1 aliphatic rings. The van der Waals surface area contributed by atoms with Gasteiger partial charge in [0.25, 0.3) is 0 Å². The molecule has 1 fully saturated rings. The van der Waals surface area contributed by atoms with Gasteiger partial charge in [-0.1, -0.05) is 0 Å². The van der Waals surface area contributed by atoms with Gasteiger partial charge in [-0.3, -0.25) is 4.79 Å². The van der Waals surface area contributed by atoms with Gasteiger partial charge in [-0.2, -0.15) is 0 Å². The van der Waals surface area contributed by atoms with Crippen LogP contribution in [0.3, 0.4) is 0 Å². The van der Waals surface area contributed by atoms with Crippen LogP contribution in [0, 0.1) is 5.92 Å². The van der Waals surface area contributed by atoms with Crippen molar-refractivity contribution in [2.45, 2.75) is 6.92 Å². The molecule has 0 saturated carbocycles. The van der Waals surface area contributed by atoms with Gasteiger partial charge >= 0.3 is 0 Å². The van der Waals surface area contributed by atoms with Gasteiger partial charge in [0.2, 0.25) is 5.91 Å². The monoisotopic (exact) mass is 171 g/mol. The Hall–Kier alpha value is -0.900. The van der Waals surface area contributed by atoms with Gasteiger partial charge in [-0.25, -0.2) is 0 Å². The molecule has 0 aromatic rings. The van der Waals surface area contributed by atoms with E-state index < -0.39 is 5.92 Å². The van der Waals surface area contributed by atoms with Crippen molar-refractivity contribution in [3.63, 3.8) is 0 Å². The lowest BCUT2D eigenvalue weighted by Crippen LogP contribution is -2.43. The van der Waals surface area contributed by atoms with E-state index in [2.05, 4.69) is 0 Å². The van der Waals surface area contributed by atoms with E-state index in [1.807, 2.05) is 0 Å². The summed E-state index contributed by atoms with van der Waals surface area (Å²) in [6.07, 6.45) is 0.678. The number of morpholine rings is 1. The summed E-state index contributed by atoms with van der Waals surface area (Å²) in [5.41, 5.74) is 0. The molecule has 1 heterocycles. The maximum absolute atomic E-state index is 11.4. The van der Waals surface area contributed by atoms with Crippen LogP contribution in [0.4, 0.5) is 0 Å². The molecule has 0 aromatic heterocycles. The Kier molecular flexibility index (Phi) is 3.22. The second-order valence-electron chi connectivity index (χ2n) is 2.86. The number of hydrogen-bond donors (Lipinski definition) is 0.